The summed E-state index contributed by atoms with van der Waals surface area (Å²) in [6.07, 6.45) is 1.93. The first kappa shape index (κ1) is 22.6. The standard InChI is InChI=1S/C19H24N2O7S2/c1-2-3-7-28-14-6-4-5-13(8-14)21-15-11-30(25,26)12-16(15)29-19(21)20-17(22)9-27-10-18(23)24/h4-6,8,15-16H,2-3,7,9-12H2,1H3,(H,23,24)/t15-,16-/m1/s1. The number of thioether (sulfide) groups is 1. The minimum absolute atomic E-state index is 0.0195. The highest BCUT2D eigenvalue weighted by Crippen LogP contribution is 2.41. The predicted molar refractivity (Wildman–Crippen MR) is 114 cm³/mol. The minimum atomic E-state index is -3.17. The number of aliphatic imine (C=N–C) groups is 1. The van der Waals surface area contributed by atoms with E-state index in [0.29, 0.717) is 23.2 Å². The number of sulfone groups is 1. The van der Waals surface area contributed by atoms with E-state index in [1.807, 2.05) is 24.3 Å². The Kier molecular flexibility index (Phi) is 7.37. The molecule has 2 aliphatic rings. The molecule has 0 bridgehead atoms. The van der Waals surface area contributed by atoms with Gasteiger partial charge in [0.15, 0.2) is 15.0 Å². The van der Waals surface area contributed by atoms with Crippen LogP contribution in [0, 0.1) is 0 Å². The van der Waals surface area contributed by atoms with Crippen LogP contribution in [0.25, 0.3) is 0 Å². The maximum absolute atomic E-state index is 12.2. The van der Waals surface area contributed by atoms with E-state index in [1.165, 1.54) is 11.8 Å². The molecule has 2 aliphatic heterocycles. The number of nitrogens with zero attached hydrogens (tertiary/aromatic N) is 2. The summed E-state index contributed by atoms with van der Waals surface area (Å²) >= 11 is 1.25. The number of amidine groups is 1. The van der Waals surface area contributed by atoms with Crippen molar-refractivity contribution in [2.75, 3.05) is 36.2 Å². The zero-order chi connectivity index (χ0) is 21.7. The number of ether oxygens (including phenoxy) is 2. The Morgan fingerprint density at radius 1 is 1.30 bits per heavy atom. The first-order valence-electron chi connectivity index (χ1n) is 9.59. The van der Waals surface area contributed by atoms with Gasteiger partial charge in [-0.05, 0) is 18.6 Å². The number of carbonyl (C=O) groups is 2. The highest BCUT2D eigenvalue weighted by atomic mass is 32.2. The van der Waals surface area contributed by atoms with Gasteiger partial charge in [-0.15, -0.1) is 0 Å². The van der Waals surface area contributed by atoms with Gasteiger partial charge in [-0.1, -0.05) is 31.2 Å². The first-order valence-corrected chi connectivity index (χ1v) is 12.3. The fourth-order valence-electron chi connectivity index (χ4n) is 3.29. The van der Waals surface area contributed by atoms with Crippen LogP contribution in [-0.4, -0.2) is 73.2 Å². The lowest BCUT2D eigenvalue weighted by molar-refractivity contribution is -0.143. The SMILES string of the molecule is CCCCOc1cccc(N2C(=NC(=O)COCC(=O)O)S[C@@H]3CS(=O)(=O)C[C@H]32)c1. The number of amides is 1. The molecule has 0 radical (unpaired) electrons. The first-order chi connectivity index (χ1) is 14.3. The average molecular weight is 457 g/mol. The van der Waals surface area contributed by atoms with Crippen molar-refractivity contribution in [3.63, 3.8) is 0 Å². The van der Waals surface area contributed by atoms with Gasteiger partial charge in [0, 0.05) is 17.0 Å². The van der Waals surface area contributed by atoms with Crippen molar-refractivity contribution in [1.29, 1.82) is 0 Å². The number of aliphatic carboxylic acids is 1. The maximum atomic E-state index is 12.2. The molecule has 2 heterocycles. The molecule has 0 aliphatic carbocycles. The van der Waals surface area contributed by atoms with Crippen molar-refractivity contribution in [2.24, 2.45) is 4.99 Å². The van der Waals surface area contributed by atoms with Gasteiger partial charge in [0.25, 0.3) is 5.91 Å². The largest absolute Gasteiger partial charge is 0.494 e. The topological polar surface area (TPSA) is 123 Å². The highest BCUT2D eigenvalue weighted by molar-refractivity contribution is 8.16. The molecular formula is C19H24N2O7S2. The molecule has 11 heteroatoms. The molecule has 2 fully saturated rings. The molecule has 0 spiro atoms. The summed E-state index contributed by atoms with van der Waals surface area (Å²) in [5.74, 6) is -1.14. The summed E-state index contributed by atoms with van der Waals surface area (Å²) in [6.45, 7) is 1.60. The van der Waals surface area contributed by atoms with E-state index >= 15 is 0 Å². The van der Waals surface area contributed by atoms with Gasteiger partial charge >= 0.3 is 5.97 Å². The van der Waals surface area contributed by atoms with E-state index in [0.717, 1.165) is 12.8 Å². The molecule has 2 saturated heterocycles. The van der Waals surface area contributed by atoms with E-state index in [9.17, 15) is 18.0 Å². The van der Waals surface area contributed by atoms with Crippen LogP contribution in [0.3, 0.4) is 0 Å². The zero-order valence-corrected chi connectivity index (χ0v) is 18.2. The lowest BCUT2D eigenvalue weighted by atomic mass is 10.2. The summed E-state index contributed by atoms with van der Waals surface area (Å²) in [5, 5.41) is 8.76. The number of benzene rings is 1. The maximum Gasteiger partial charge on any atom is 0.329 e. The number of carboxylic acids is 1. The van der Waals surface area contributed by atoms with Gasteiger partial charge in [-0.25, -0.2) is 13.2 Å². The number of rotatable bonds is 9. The zero-order valence-electron chi connectivity index (χ0n) is 16.5. The Labute approximate surface area is 179 Å². The van der Waals surface area contributed by atoms with Crippen LogP contribution in [0.1, 0.15) is 19.8 Å². The molecule has 1 aromatic carbocycles. The van der Waals surface area contributed by atoms with Crippen LogP contribution < -0.4 is 9.64 Å². The molecule has 30 heavy (non-hydrogen) atoms. The summed E-state index contributed by atoms with van der Waals surface area (Å²) in [5.41, 5.74) is 0.694. The third-order valence-corrected chi connectivity index (χ3v) is 7.81. The Morgan fingerprint density at radius 3 is 2.83 bits per heavy atom. The molecule has 1 N–H and O–H groups in total. The van der Waals surface area contributed by atoms with Gasteiger partial charge in [-0.3, -0.25) is 4.79 Å². The normalized spacial score (nSPS) is 23.5. The van der Waals surface area contributed by atoms with E-state index < -0.39 is 34.9 Å². The van der Waals surface area contributed by atoms with Gasteiger partial charge in [0.05, 0.1) is 24.2 Å². The van der Waals surface area contributed by atoms with Crippen molar-refractivity contribution in [3.05, 3.63) is 24.3 Å². The number of hydrogen-bond acceptors (Lipinski definition) is 7. The third-order valence-electron chi connectivity index (χ3n) is 4.60. The third kappa shape index (κ3) is 5.73. The monoisotopic (exact) mass is 456 g/mol. The van der Waals surface area contributed by atoms with E-state index in [1.54, 1.807) is 4.90 Å². The van der Waals surface area contributed by atoms with Crippen LogP contribution in [-0.2, 0) is 24.2 Å². The van der Waals surface area contributed by atoms with E-state index in [-0.39, 0.29) is 22.8 Å². The number of hydrogen-bond donors (Lipinski definition) is 1. The summed E-state index contributed by atoms with van der Waals surface area (Å²) in [6, 6.07) is 6.93. The van der Waals surface area contributed by atoms with Crippen molar-refractivity contribution < 1.29 is 32.6 Å². The lowest BCUT2D eigenvalue weighted by Gasteiger charge is -2.25. The van der Waals surface area contributed by atoms with Crippen molar-refractivity contribution in [3.8, 4) is 5.75 Å². The van der Waals surface area contributed by atoms with Gasteiger partial charge in [0.2, 0.25) is 0 Å². The summed E-state index contributed by atoms with van der Waals surface area (Å²) < 4.78 is 34.9. The smallest absolute Gasteiger partial charge is 0.329 e. The number of carbonyl (C=O) groups excluding carboxylic acids is 1. The summed E-state index contributed by atoms with van der Waals surface area (Å²) in [4.78, 5) is 28.5. The van der Waals surface area contributed by atoms with Crippen LogP contribution >= 0.6 is 11.8 Å². The average Bonchev–Trinajstić information content (AvgIpc) is 3.12. The Hall–Kier alpha value is -2.11. The molecule has 0 unspecified atom stereocenters. The molecule has 0 saturated carbocycles. The molecule has 1 aromatic rings. The molecular weight excluding hydrogens is 432 g/mol. The van der Waals surface area contributed by atoms with Crippen molar-refractivity contribution in [2.45, 2.75) is 31.1 Å². The molecule has 2 atom stereocenters. The van der Waals surface area contributed by atoms with Crippen LogP contribution in [0.15, 0.2) is 29.3 Å². The van der Waals surface area contributed by atoms with Gasteiger partial charge in [0.1, 0.15) is 19.0 Å². The molecule has 1 amide bonds. The fourth-order valence-corrected chi connectivity index (χ4v) is 7.22. The molecule has 164 valence electrons. The number of anilines is 1. The Balaban J connectivity index is 1.83. The van der Waals surface area contributed by atoms with Crippen molar-refractivity contribution in [1.82, 2.24) is 0 Å². The molecule has 9 nitrogen and oxygen atoms in total. The van der Waals surface area contributed by atoms with E-state index in [4.69, 9.17) is 14.6 Å². The summed E-state index contributed by atoms with van der Waals surface area (Å²) in [7, 11) is -3.17. The van der Waals surface area contributed by atoms with Crippen LogP contribution in [0.5, 0.6) is 5.75 Å². The minimum Gasteiger partial charge on any atom is -0.494 e. The number of fused-ring (bicyclic) bond motifs is 1. The van der Waals surface area contributed by atoms with Crippen LogP contribution in [0.4, 0.5) is 5.69 Å². The predicted octanol–water partition coefficient (Wildman–Crippen LogP) is 1.57. The van der Waals surface area contributed by atoms with E-state index in [2.05, 4.69) is 11.9 Å². The Bertz CT molecular complexity index is 933. The van der Waals surface area contributed by atoms with Gasteiger partial charge < -0.3 is 19.5 Å². The Morgan fingerprint density at radius 2 is 2.10 bits per heavy atom. The fraction of sp³-hybridized carbons (Fsp3) is 0.526. The highest BCUT2D eigenvalue weighted by Gasteiger charge is 2.49. The second-order valence-electron chi connectivity index (χ2n) is 7.04. The van der Waals surface area contributed by atoms with Crippen LogP contribution in [0.2, 0.25) is 0 Å². The van der Waals surface area contributed by atoms with Crippen molar-refractivity contribution >= 4 is 44.3 Å². The molecule has 0 aromatic heterocycles. The second kappa shape index (κ2) is 9.80. The van der Waals surface area contributed by atoms with Gasteiger partial charge in [-0.2, -0.15) is 4.99 Å². The molecule has 3 rings (SSSR count). The quantitative estimate of drug-likeness (QED) is 0.552. The lowest BCUT2D eigenvalue weighted by Crippen LogP contribution is -2.37. The number of unbranched alkanes of at least 4 members (excludes halogenated alkanes) is 1. The number of carboxylic acid groups (broad SMARTS) is 1. The second-order valence-corrected chi connectivity index (χ2v) is 10.4.